The fourth-order valence-corrected chi connectivity index (χ4v) is 3.89. The molecule has 0 saturated carbocycles. The third-order valence-corrected chi connectivity index (χ3v) is 4.94. The zero-order chi connectivity index (χ0) is 13.8. The summed E-state index contributed by atoms with van der Waals surface area (Å²) in [5.41, 5.74) is 0. The standard InChI is InChI=1S/C11H19NO5S/c1-12(5-2-3-11(14)15)10(13)7-9-4-6-18(16,17)8-9/h9H,2-8H2,1H3,(H,14,15). The Hall–Kier alpha value is -1.11. The van der Waals surface area contributed by atoms with Gasteiger partial charge in [-0.3, -0.25) is 9.59 Å². The van der Waals surface area contributed by atoms with Crippen LogP contribution in [0.5, 0.6) is 0 Å². The molecule has 104 valence electrons. The van der Waals surface area contributed by atoms with Crippen molar-refractivity contribution in [2.45, 2.75) is 25.7 Å². The smallest absolute Gasteiger partial charge is 0.303 e. The molecular formula is C11H19NO5S. The second kappa shape index (κ2) is 6.17. The number of nitrogens with zero attached hydrogens (tertiary/aromatic N) is 1. The SMILES string of the molecule is CN(CCCC(=O)O)C(=O)CC1CCS(=O)(=O)C1. The maximum Gasteiger partial charge on any atom is 0.303 e. The zero-order valence-corrected chi connectivity index (χ0v) is 11.3. The summed E-state index contributed by atoms with van der Waals surface area (Å²) in [4.78, 5) is 23.6. The molecule has 1 unspecified atom stereocenters. The van der Waals surface area contributed by atoms with E-state index in [1.807, 2.05) is 0 Å². The minimum Gasteiger partial charge on any atom is -0.481 e. The lowest BCUT2D eigenvalue weighted by Crippen LogP contribution is -2.30. The Kier molecular flexibility index (Phi) is 5.13. The van der Waals surface area contributed by atoms with Crippen molar-refractivity contribution in [1.82, 2.24) is 4.90 Å². The first-order chi connectivity index (χ1) is 8.30. The summed E-state index contributed by atoms with van der Waals surface area (Å²) in [5.74, 6) is -0.792. The minimum atomic E-state index is -2.94. The van der Waals surface area contributed by atoms with Gasteiger partial charge in [-0.25, -0.2) is 8.42 Å². The van der Waals surface area contributed by atoms with Crippen molar-refractivity contribution in [3.8, 4) is 0 Å². The van der Waals surface area contributed by atoms with E-state index in [0.29, 0.717) is 19.4 Å². The molecule has 1 rings (SSSR count). The van der Waals surface area contributed by atoms with Crippen molar-refractivity contribution in [3.05, 3.63) is 0 Å². The predicted octanol–water partition coefficient (Wildman–Crippen LogP) is 0.134. The van der Waals surface area contributed by atoms with Crippen molar-refractivity contribution in [2.75, 3.05) is 25.1 Å². The van der Waals surface area contributed by atoms with Crippen molar-refractivity contribution in [3.63, 3.8) is 0 Å². The van der Waals surface area contributed by atoms with E-state index in [4.69, 9.17) is 5.11 Å². The first-order valence-electron chi connectivity index (χ1n) is 5.96. The number of aliphatic carboxylic acids is 1. The van der Waals surface area contributed by atoms with Gasteiger partial charge in [0.15, 0.2) is 9.84 Å². The van der Waals surface area contributed by atoms with Gasteiger partial charge in [-0.15, -0.1) is 0 Å². The second-order valence-electron chi connectivity index (χ2n) is 4.79. The molecule has 18 heavy (non-hydrogen) atoms. The van der Waals surface area contributed by atoms with Gasteiger partial charge in [0.1, 0.15) is 0 Å². The second-order valence-corrected chi connectivity index (χ2v) is 7.01. The molecule has 7 heteroatoms. The van der Waals surface area contributed by atoms with Crippen LogP contribution in [0, 0.1) is 5.92 Å². The molecule has 0 aliphatic carbocycles. The molecule has 0 aromatic heterocycles. The number of hydrogen-bond acceptors (Lipinski definition) is 4. The Morgan fingerprint density at radius 3 is 2.56 bits per heavy atom. The number of amides is 1. The van der Waals surface area contributed by atoms with Gasteiger partial charge in [-0.05, 0) is 18.8 Å². The number of carboxylic acids is 1. The molecule has 1 atom stereocenters. The number of rotatable bonds is 6. The Morgan fingerprint density at radius 1 is 1.39 bits per heavy atom. The molecule has 1 heterocycles. The summed E-state index contributed by atoms with van der Waals surface area (Å²) >= 11 is 0. The Bertz CT molecular complexity index is 417. The van der Waals surface area contributed by atoms with Crippen LogP contribution in [0.15, 0.2) is 0 Å². The van der Waals surface area contributed by atoms with Crippen LogP contribution in [-0.2, 0) is 19.4 Å². The van der Waals surface area contributed by atoms with E-state index in [1.54, 1.807) is 7.05 Å². The van der Waals surface area contributed by atoms with Crippen LogP contribution < -0.4 is 0 Å². The summed E-state index contributed by atoms with van der Waals surface area (Å²) in [6, 6.07) is 0. The van der Waals surface area contributed by atoms with Gasteiger partial charge in [-0.2, -0.15) is 0 Å². The molecule has 1 fully saturated rings. The third-order valence-electron chi connectivity index (χ3n) is 3.10. The van der Waals surface area contributed by atoms with Crippen LogP contribution in [0.25, 0.3) is 0 Å². The molecule has 1 aliphatic heterocycles. The Balaban J connectivity index is 2.30. The highest BCUT2D eigenvalue weighted by Gasteiger charge is 2.30. The molecule has 0 spiro atoms. The molecule has 0 radical (unpaired) electrons. The van der Waals surface area contributed by atoms with Gasteiger partial charge < -0.3 is 10.0 Å². The number of hydrogen-bond donors (Lipinski definition) is 1. The monoisotopic (exact) mass is 277 g/mol. The normalized spacial score (nSPS) is 21.7. The first kappa shape index (κ1) is 14.9. The van der Waals surface area contributed by atoms with Crippen molar-refractivity contribution < 1.29 is 23.1 Å². The summed E-state index contributed by atoms with van der Waals surface area (Å²) in [7, 11) is -1.32. The number of carbonyl (C=O) groups excluding carboxylic acids is 1. The molecule has 1 saturated heterocycles. The lowest BCUT2D eigenvalue weighted by atomic mass is 10.0. The number of carbonyl (C=O) groups is 2. The molecule has 1 N–H and O–H groups in total. The third kappa shape index (κ3) is 5.03. The fraction of sp³-hybridized carbons (Fsp3) is 0.818. The lowest BCUT2D eigenvalue weighted by molar-refractivity contribution is -0.138. The van der Waals surface area contributed by atoms with Crippen LogP contribution in [0.2, 0.25) is 0 Å². The summed E-state index contributed by atoms with van der Waals surface area (Å²) in [6.07, 6.45) is 1.25. The minimum absolute atomic E-state index is 0.0371. The van der Waals surface area contributed by atoms with Gasteiger partial charge in [0, 0.05) is 26.4 Å². The Labute approximate surface area is 107 Å². The highest BCUT2D eigenvalue weighted by atomic mass is 32.2. The van der Waals surface area contributed by atoms with Crippen molar-refractivity contribution in [2.24, 2.45) is 5.92 Å². The number of sulfone groups is 1. The highest BCUT2D eigenvalue weighted by Crippen LogP contribution is 2.22. The van der Waals surface area contributed by atoms with E-state index < -0.39 is 15.8 Å². The molecule has 0 aromatic carbocycles. The van der Waals surface area contributed by atoms with E-state index >= 15 is 0 Å². The van der Waals surface area contributed by atoms with Crippen molar-refractivity contribution in [1.29, 1.82) is 0 Å². The molecule has 1 amide bonds. The topological polar surface area (TPSA) is 91.8 Å². The van der Waals surface area contributed by atoms with Crippen LogP contribution >= 0.6 is 0 Å². The van der Waals surface area contributed by atoms with Crippen LogP contribution in [0.3, 0.4) is 0 Å². The van der Waals surface area contributed by atoms with E-state index in [0.717, 1.165) is 0 Å². The summed E-state index contributed by atoms with van der Waals surface area (Å²) < 4.78 is 22.5. The largest absolute Gasteiger partial charge is 0.481 e. The molecule has 6 nitrogen and oxygen atoms in total. The van der Waals surface area contributed by atoms with E-state index in [-0.39, 0.29) is 36.2 Å². The number of carboxylic acid groups (broad SMARTS) is 1. The molecule has 1 aliphatic rings. The van der Waals surface area contributed by atoms with Gasteiger partial charge in [-0.1, -0.05) is 0 Å². The van der Waals surface area contributed by atoms with Crippen molar-refractivity contribution >= 4 is 21.7 Å². The summed E-state index contributed by atoms with van der Waals surface area (Å²) in [5, 5.41) is 8.48. The van der Waals surface area contributed by atoms with Gasteiger partial charge in [0.05, 0.1) is 11.5 Å². The highest BCUT2D eigenvalue weighted by molar-refractivity contribution is 7.91. The fourth-order valence-electron chi connectivity index (χ4n) is 2.03. The van der Waals surface area contributed by atoms with E-state index in [9.17, 15) is 18.0 Å². The predicted molar refractivity (Wildman–Crippen MR) is 65.9 cm³/mol. The van der Waals surface area contributed by atoms with Gasteiger partial charge in [0.2, 0.25) is 5.91 Å². The summed E-state index contributed by atoms with van der Waals surface area (Å²) in [6.45, 7) is 0.393. The van der Waals surface area contributed by atoms with Gasteiger partial charge >= 0.3 is 5.97 Å². The first-order valence-corrected chi connectivity index (χ1v) is 7.78. The van der Waals surface area contributed by atoms with E-state index in [2.05, 4.69) is 0 Å². The zero-order valence-electron chi connectivity index (χ0n) is 10.5. The lowest BCUT2D eigenvalue weighted by Gasteiger charge is -2.18. The van der Waals surface area contributed by atoms with E-state index in [1.165, 1.54) is 4.90 Å². The average molecular weight is 277 g/mol. The molecule has 0 aromatic rings. The van der Waals surface area contributed by atoms with Gasteiger partial charge in [0.25, 0.3) is 0 Å². The van der Waals surface area contributed by atoms with Crippen LogP contribution in [0.1, 0.15) is 25.7 Å². The maximum absolute atomic E-state index is 11.8. The molecule has 0 bridgehead atoms. The maximum atomic E-state index is 11.8. The Morgan fingerprint density at radius 2 is 2.06 bits per heavy atom. The average Bonchev–Trinajstić information content (AvgIpc) is 2.57. The molecular weight excluding hydrogens is 258 g/mol. The van der Waals surface area contributed by atoms with Crippen LogP contribution in [0.4, 0.5) is 0 Å². The van der Waals surface area contributed by atoms with Crippen LogP contribution in [-0.4, -0.2) is 55.4 Å². The quantitative estimate of drug-likeness (QED) is 0.745.